The van der Waals surface area contributed by atoms with Crippen LogP contribution in [-0.2, 0) is 9.59 Å². The number of para-hydroxylation sites is 1. The normalized spacial score (nSPS) is 17.4. The van der Waals surface area contributed by atoms with Crippen LogP contribution in [0.5, 0.6) is 0 Å². The second kappa shape index (κ2) is 6.20. The average Bonchev–Trinajstić information content (AvgIpc) is 2.92. The molecule has 0 aliphatic carbocycles. The van der Waals surface area contributed by atoms with Crippen molar-refractivity contribution in [3.8, 4) is 0 Å². The molecule has 1 saturated heterocycles. The number of aryl methyl sites for hydroxylation is 1. The Morgan fingerprint density at radius 1 is 1.17 bits per heavy atom. The van der Waals surface area contributed by atoms with E-state index in [0.29, 0.717) is 6.54 Å². The lowest BCUT2D eigenvalue weighted by molar-refractivity contribution is -0.122. The van der Waals surface area contributed by atoms with E-state index in [9.17, 15) is 14.0 Å². The number of amides is 2. The maximum atomic E-state index is 13.6. The summed E-state index contributed by atoms with van der Waals surface area (Å²) in [6.07, 6.45) is 0.133. The zero-order valence-corrected chi connectivity index (χ0v) is 12.8. The molecule has 1 fully saturated rings. The first-order valence-electron chi connectivity index (χ1n) is 7.47. The van der Waals surface area contributed by atoms with Gasteiger partial charge in [-0.1, -0.05) is 29.8 Å². The van der Waals surface area contributed by atoms with E-state index in [-0.39, 0.29) is 23.9 Å². The summed E-state index contributed by atoms with van der Waals surface area (Å²) in [6.45, 7) is 2.28. The van der Waals surface area contributed by atoms with E-state index in [1.807, 2.05) is 31.2 Å². The average molecular weight is 312 g/mol. The standard InChI is InChI=1S/C18H17FN2O2/c1-12-6-8-14(9-7-12)21-11-13(10-17(21)22)18(23)20-16-5-3-2-4-15(16)19/h2-9,13H,10-11H2,1H3,(H,20,23)/t13-/m1/s1. The summed E-state index contributed by atoms with van der Waals surface area (Å²) in [5, 5.41) is 2.56. The third kappa shape index (κ3) is 3.23. The van der Waals surface area contributed by atoms with Gasteiger partial charge in [-0.15, -0.1) is 0 Å². The molecule has 23 heavy (non-hydrogen) atoms. The molecule has 1 atom stereocenters. The molecule has 118 valence electrons. The van der Waals surface area contributed by atoms with Crippen LogP contribution >= 0.6 is 0 Å². The van der Waals surface area contributed by atoms with Gasteiger partial charge in [0.25, 0.3) is 0 Å². The number of nitrogens with zero attached hydrogens (tertiary/aromatic N) is 1. The molecule has 4 nitrogen and oxygen atoms in total. The van der Waals surface area contributed by atoms with Crippen molar-refractivity contribution in [2.24, 2.45) is 5.92 Å². The van der Waals surface area contributed by atoms with E-state index in [1.165, 1.54) is 12.1 Å². The van der Waals surface area contributed by atoms with Crippen LogP contribution in [0.3, 0.4) is 0 Å². The number of nitrogens with one attached hydrogen (secondary N) is 1. The highest BCUT2D eigenvalue weighted by Gasteiger charge is 2.35. The second-order valence-electron chi connectivity index (χ2n) is 5.71. The molecule has 1 heterocycles. The lowest BCUT2D eigenvalue weighted by Gasteiger charge is -2.17. The molecule has 2 aromatic carbocycles. The molecule has 2 amide bonds. The van der Waals surface area contributed by atoms with Crippen molar-refractivity contribution in [1.82, 2.24) is 0 Å². The highest BCUT2D eigenvalue weighted by atomic mass is 19.1. The maximum Gasteiger partial charge on any atom is 0.229 e. The summed E-state index contributed by atoms with van der Waals surface area (Å²) in [5.41, 5.74) is 2.02. The number of halogens is 1. The quantitative estimate of drug-likeness (QED) is 0.946. The van der Waals surface area contributed by atoms with Gasteiger partial charge in [-0.25, -0.2) is 4.39 Å². The van der Waals surface area contributed by atoms with Gasteiger partial charge in [0.2, 0.25) is 11.8 Å². The van der Waals surface area contributed by atoms with Gasteiger partial charge in [0, 0.05) is 18.7 Å². The van der Waals surface area contributed by atoms with Crippen LogP contribution in [0, 0.1) is 18.7 Å². The fourth-order valence-electron chi connectivity index (χ4n) is 2.65. The Morgan fingerprint density at radius 3 is 2.57 bits per heavy atom. The third-order valence-corrected chi connectivity index (χ3v) is 3.97. The Balaban J connectivity index is 1.71. The topological polar surface area (TPSA) is 49.4 Å². The van der Waals surface area contributed by atoms with Gasteiger partial charge in [0.15, 0.2) is 0 Å². The zero-order valence-electron chi connectivity index (χ0n) is 12.8. The molecule has 0 aromatic heterocycles. The number of carbonyl (C=O) groups is 2. The van der Waals surface area contributed by atoms with Crippen molar-refractivity contribution < 1.29 is 14.0 Å². The summed E-state index contributed by atoms with van der Waals surface area (Å²) >= 11 is 0. The molecule has 0 unspecified atom stereocenters. The minimum absolute atomic E-state index is 0.0949. The molecule has 1 aliphatic rings. The smallest absolute Gasteiger partial charge is 0.229 e. The van der Waals surface area contributed by atoms with E-state index >= 15 is 0 Å². The lowest BCUT2D eigenvalue weighted by atomic mass is 10.1. The molecule has 0 bridgehead atoms. The monoisotopic (exact) mass is 312 g/mol. The van der Waals surface area contributed by atoms with Crippen LogP contribution in [0.15, 0.2) is 48.5 Å². The van der Waals surface area contributed by atoms with E-state index < -0.39 is 11.7 Å². The highest BCUT2D eigenvalue weighted by molar-refractivity contribution is 6.03. The summed E-state index contributed by atoms with van der Waals surface area (Å²) in [4.78, 5) is 26.1. The fourth-order valence-corrected chi connectivity index (χ4v) is 2.65. The largest absolute Gasteiger partial charge is 0.323 e. The zero-order chi connectivity index (χ0) is 16.4. The minimum Gasteiger partial charge on any atom is -0.323 e. The van der Waals surface area contributed by atoms with E-state index in [2.05, 4.69) is 5.32 Å². The van der Waals surface area contributed by atoms with E-state index in [1.54, 1.807) is 17.0 Å². The number of hydrogen-bond donors (Lipinski definition) is 1. The van der Waals surface area contributed by atoms with Gasteiger partial charge < -0.3 is 10.2 Å². The predicted octanol–water partition coefficient (Wildman–Crippen LogP) is 3.13. The SMILES string of the molecule is Cc1ccc(N2C[C@H](C(=O)Nc3ccccc3F)CC2=O)cc1. The molecule has 1 aliphatic heterocycles. The first kappa shape index (κ1) is 15.2. The Kier molecular flexibility index (Phi) is 4.10. The number of carbonyl (C=O) groups excluding carboxylic acids is 2. The second-order valence-corrected chi connectivity index (χ2v) is 5.71. The fraction of sp³-hybridized carbons (Fsp3) is 0.222. The minimum atomic E-state index is -0.486. The van der Waals surface area contributed by atoms with Crippen LogP contribution in [0.2, 0.25) is 0 Å². The van der Waals surface area contributed by atoms with Crippen molar-refractivity contribution in [3.63, 3.8) is 0 Å². The number of anilines is 2. The van der Waals surface area contributed by atoms with Gasteiger partial charge in [-0.05, 0) is 31.2 Å². The molecular formula is C18H17FN2O2. The van der Waals surface area contributed by atoms with Crippen molar-refractivity contribution in [2.45, 2.75) is 13.3 Å². The summed E-state index contributed by atoms with van der Waals surface area (Å²) < 4.78 is 13.6. The van der Waals surface area contributed by atoms with Crippen molar-refractivity contribution >= 4 is 23.2 Å². The molecule has 0 radical (unpaired) electrons. The summed E-state index contributed by atoms with van der Waals surface area (Å²) in [5.74, 6) is -1.40. The molecule has 3 rings (SSSR count). The predicted molar refractivity (Wildman–Crippen MR) is 86.7 cm³/mol. The van der Waals surface area contributed by atoms with E-state index in [4.69, 9.17) is 0 Å². The number of rotatable bonds is 3. The van der Waals surface area contributed by atoms with Crippen molar-refractivity contribution in [3.05, 3.63) is 59.9 Å². The highest BCUT2D eigenvalue weighted by Crippen LogP contribution is 2.26. The third-order valence-electron chi connectivity index (χ3n) is 3.97. The van der Waals surface area contributed by atoms with Gasteiger partial charge in [-0.2, -0.15) is 0 Å². The molecule has 5 heteroatoms. The van der Waals surface area contributed by atoms with Gasteiger partial charge in [0.1, 0.15) is 5.82 Å². The van der Waals surface area contributed by atoms with E-state index in [0.717, 1.165) is 11.3 Å². The molecule has 0 spiro atoms. The van der Waals surface area contributed by atoms with Crippen LogP contribution in [-0.4, -0.2) is 18.4 Å². The molecule has 1 N–H and O–H groups in total. The van der Waals surface area contributed by atoms with Gasteiger partial charge in [0.05, 0.1) is 11.6 Å². The van der Waals surface area contributed by atoms with Crippen LogP contribution in [0.1, 0.15) is 12.0 Å². The van der Waals surface area contributed by atoms with Crippen LogP contribution in [0.25, 0.3) is 0 Å². The van der Waals surface area contributed by atoms with Gasteiger partial charge >= 0.3 is 0 Å². The first-order chi connectivity index (χ1) is 11.0. The molecule has 0 saturated carbocycles. The van der Waals surface area contributed by atoms with Crippen LogP contribution < -0.4 is 10.2 Å². The van der Waals surface area contributed by atoms with Crippen molar-refractivity contribution in [2.75, 3.05) is 16.8 Å². The Labute approximate surface area is 133 Å². The number of benzene rings is 2. The number of hydrogen-bond acceptors (Lipinski definition) is 2. The van der Waals surface area contributed by atoms with Crippen LogP contribution in [0.4, 0.5) is 15.8 Å². The first-order valence-corrected chi connectivity index (χ1v) is 7.47. The molecule has 2 aromatic rings. The molecular weight excluding hydrogens is 295 g/mol. The Hall–Kier alpha value is -2.69. The summed E-state index contributed by atoms with van der Waals surface area (Å²) in [6, 6.07) is 13.6. The lowest BCUT2D eigenvalue weighted by Crippen LogP contribution is -2.28. The Bertz CT molecular complexity index is 743. The Morgan fingerprint density at radius 2 is 1.87 bits per heavy atom. The summed E-state index contributed by atoms with van der Waals surface area (Å²) in [7, 11) is 0. The van der Waals surface area contributed by atoms with Crippen molar-refractivity contribution in [1.29, 1.82) is 0 Å². The maximum absolute atomic E-state index is 13.6. The van der Waals surface area contributed by atoms with Gasteiger partial charge in [-0.3, -0.25) is 9.59 Å².